The number of carbonyl (C=O) groups is 2. The van der Waals surface area contributed by atoms with Gasteiger partial charge in [-0.1, -0.05) is 29.3 Å². The molecule has 2 N–H and O–H groups in total. The van der Waals surface area contributed by atoms with Crippen LogP contribution in [-0.2, 0) is 9.63 Å². The number of rotatable bonds is 1. The maximum absolute atomic E-state index is 11.8. The first-order valence-electron chi connectivity index (χ1n) is 4.51. The molecule has 0 aromatic heterocycles. The van der Waals surface area contributed by atoms with Crippen molar-refractivity contribution in [3.8, 4) is 0 Å². The van der Waals surface area contributed by atoms with Crippen LogP contribution in [0.1, 0.15) is 0 Å². The van der Waals surface area contributed by atoms with Gasteiger partial charge >= 0.3 is 18.2 Å². The number of anilines is 1. The number of benzene rings is 1. The zero-order chi connectivity index (χ0) is 14.6. The molecule has 1 aromatic carbocycles. The number of para-hydroxylation sites is 1. The van der Waals surface area contributed by atoms with Gasteiger partial charge in [0, 0.05) is 0 Å². The lowest BCUT2D eigenvalue weighted by Gasteiger charge is -2.10. The smallest absolute Gasteiger partial charge is 0.331 e. The molecule has 0 bridgehead atoms. The van der Waals surface area contributed by atoms with Crippen molar-refractivity contribution in [2.75, 3.05) is 5.32 Å². The van der Waals surface area contributed by atoms with Gasteiger partial charge in [-0.25, -0.2) is 9.59 Å². The van der Waals surface area contributed by atoms with E-state index in [9.17, 15) is 22.8 Å². The van der Waals surface area contributed by atoms with Gasteiger partial charge in [-0.05, 0) is 12.1 Å². The average molecular weight is 317 g/mol. The Morgan fingerprint density at radius 2 is 1.68 bits per heavy atom. The van der Waals surface area contributed by atoms with Crippen molar-refractivity contribution >= 4 is 40.9 Å². The van der Waals surface area contributed by atoms with Gasteiger partial charge in [-0.2, -0.15) is 18.7 Å². The van der Waals surface area contributed by atoms with Gasteiger partial charge in [0.05, 0.1) is 15.7 Å². The highest BCUT2D eigenvalue weighted by Gasteiger charge is 2.42. The first kappa shape index (κ1) is 15.4. The molecule has 2 amide bonds. The Balaban J connectivity index is 2.60. The van der Waals surface area contributed by atoms with Crippen molar-refractivity contribution in [1.82, 2.24) is 5.48 Å². The van der Waals surface area contributed by atoms with Crippen LogP contribution in [0.25, 0.3) is 0 Å². The van der Waals surface area contributed by atoms with E-state index in [0.717, 1.165) is 0 Å². The summed E-state index contributed by atoms with van der Waals surface area (Å²) in [5, 5.41) is 2.15. The summed E-state index contributed by atoms with van der Waals surface area (Å²) in [5.74, 6) is -2.56. The molecule has 104 valence electrons. The standard InChI is InChI=1S/C9H5Cl2F3N2O3/c10-4-2-1-3-5(11)6(4)15-8(18)16-19-7(17)9(12,13)14/h1-3H,(H2,15,16,18). The van der Waals surface area contributed by atoms with Crippen LogP contribution in [0.2, 0.25) is 10.0 Å². The van der Waals surface area contributed by atoms with Gasteiger partial charge in [-0.3, -0.25) is 0 Å². The second-order valence-corrected chi connectivity index (χ2v) is 3.85. The molecule has 10 heteroatoms. The van der Waals surface area contributed by atoms with E-state index in [0.29, 0.717) is 0 Å². The number of urea groups is 1. The maximum atomic E-state index is 11.8. The largest absolute Gasteiger partial charge is 0.493 e. The third-order valence-corrected chi connectivity index (χ3v) is 2.30. The summed E-state index contributed by atoms with van der Waals surface area (Å²) in [6, 6.07) is 3.04. The minimum atomic E-state index is -5.21. The van der Waals surface area contributed by atoms with E-state index in [4.69, 9.17) is 23.2 Å². The summed E-state index contributed by atoms with van der Waals surface area (Å²) < 4.78 is 35.3. The molecule has 0 saturated heterocycles. The van der Waals surface area contributed by atoms with Crippen molar-refractivity contribution in [2.24, 2.45) is 0 Å². The van der Waals surface area contributed by atoms with Gasteiger partial charge in [-0.15, -0.1) is 0 Å². The molecular weight excluding hydrogens is 312 g/mol. The molecule has 19 heavy (non-hydrogen) atoms. The van der Waals surface area contributed by atoms with Crippen LogP contribution in [0.15, 0.2) is 18.2 Å². The van der Waals surface area contributed by atoms with Gasteiger partial charge in [0.25, 0.3) is 0 Å². The summed E-state index contributed by atoms with van der Waals surface area (Å²) in [7, 11) is 0. The predicted octanol–water partition coefficient (Wildman–Crippen LogP) is 3.14. The molecule has 0 atom stereocenters. The highest BCUT2D eigenvalue weighted by atomic mass is 35.5. The lowest BCUT2D eigenvalue weighted by molar-refractivity contribution is -0.204. The molecule has 0 spiro atoms. The first-order chi connectivity index (χ1) is 8.71. The molecule has 1 aromatic rings. The molecule has 0 aliphatic carbocycles. The second-order valence-electron chi connectivity index (χ2n) is 3.04. The van der Waals surface area contributed by atoms with E-state index in [1.807, 2.05) is 5.32 Å². The topological polar surface area (TPSA) is 67.4 Å². The van der Waals surface area contributed by atoms with E-state index in [2.05, 4.69) is 4.84 Å². The Labute approximate surface area is 114 Å². The van der Waals surface area contributed by atoms with E-state index in [-0.39, 0.29) is 15.7 Å². The third-order valence-electron chi connectivity index (χ3n) is 1.67. The number of halogens is 5. The number of nitrogens with one attached hydrogen (secondary N) is 2. The number of amides is 2. The van der Waals surface area contributed by atoms with Crippen LogP contribution in [-0.4, -0.2) is 18.2 Å². The van der Waals surface area contributed by atoms with Crippen molar-refractivity contribution in [3.63, 3.8) is 0 Å². The van der Waals surface area contributed by atoms with Gasteiger partial charge in [0.15, 0.2) is 0 Å². The molecule has 0 saturated carbocycles. The number of hydrogen-bond donors (Lipinski definition) is 2. The fourth-order valence-electron chi connectivity index (χ4n) is 0.907. The maximum Gasteiger partial charge on any atom is 0.493 e. The van der Waals surface area contributed by atoms with Crippen molar-refractivity contribution < 1.29 is 27.6 Å². The van der Waals surface area contributed by atoms with Gasteiger partial charge < -0.3 is 10.2 Å². The zero-order valence-corrected chi connectivity index (χ0v) is 10.4. The molecule has 0 aliphatic heterocycles. The molecule has 0 aliphatic rings. The van der Waals surface area contributed by atoms with Crippen molar-refractivity contribution in [3.05, 3.63) is 28.2 Å². The zero-order valence-electron chi connectivity index (χ0n) is 8.85. The lowest BCUT2D eigenvalue weighted by atomic mass is 10.3. The van der Waals surface area contributed by atoms with Crippen molar-refractivity contribution in [1.29, 1.82) is 0 Å². The minimum absolute atomic E-state index is 0.0357. The summed E-state index contributed by atoms with van der Waals surface area (Å²) in [5.41, 5.74) is 1.22. The Kier molecular flexibility index (Phi) is 4.84. The molecule has 0 radical (unpaired) electrons. The Hall–Kier alpha value is -1.67. The highest BCUT2D eigenvalue weighted by Crippen LogP contribution is 2.29. The molecule has 0 heterocycles. The quantitative estimate of drug-likeness (QED) is 0.782. The number of hydrogen-bond acceptors (Lipinski definition) is 3. The average Bonchev–Trinajstić information content (AvgIpc) is 2.29. The van der Waals surface area contributed by atoms with Gasteiger partial charge in [0.2, 0.25) is 0 Å². The van der Waals surface area contributed by atoms with Crippen LogP contribution in [0.5, 0.6) is 0 Å². The molecular formula is C9H5Cl2F3N2O3. The second kappa shape index (κ2) is 5.98. The summed E-state index contributed by atoms with van der Waals surface area (Å²) in [4.78, 5) is 25.0. The Morgan fingerprint density at radius 3 is 2.16 bits per heavy atom. The van der Waals surface area contributed by atoms with Crippen molar-refractivity contribution in [2.45, 2.75) is 6.18 Å². The molecule has 5 nitrogen and oxygen atoms in total. The highest BCUT2D eigenvalue weighted by molar-refractivity contribution is 6.39. The fourth-order valence-corrected chi connectivity index (χ4v) is 1.40. The van der Waals surface area contributed by atoms with E-state index in [1.54, 1.807) is 0 Å². The van der Waals surface area contributed by atoms with Crippen LogP contribution >= 0.6 is 23.2 Å². The monoisotopic (exact) mass is 316 g/mol. The Morgan fingerprint density at radius 1 is 1.16 bits per heavy atom. The van der Waals surface area contributed by atoms with E-state index >= 15 is 0 Å². The first-order valence-corrected chi connectivity index (χ1v) is 5.26. The number of alkyl halides is 3. The fraction of sp³-hybridized carbons (Fsp3) is 0.111. The third kappa shape index (κ3) is 4.49. The minimum Gasteiger partial charge on any atom is -0.331 e. The molecule has 1 rings (SSSR count). The van der Waals surface area contributed by atoms with Crippen LogP contribution in [0.4, 0.5) is 23.7 Å². The number of hydroxylamine groups is 1. The summed E-state index contributed by atoms with van der Waals surface area (Å²) in [6.07, 6.45) is -5.21. The molecule has 0 fully saturated rings. The van der Waals surface area contributed by atoms with E-state index in [1.165, 1.54) is 23.7 Å². The summed E-state index contributed by atoms with van der Waals surface area (Å²) >= 11 is 11.4. The Bertz CT molecular complexity index is 488. The van der Waals surface area contributed by atoms with Crippen LogP contribution < -0.4 is 10.8 Å². The van der Waals surface area contributed by atoms with E-state index < -0.39 is 18.2 Å². The van der Waals surface area contributed by atoms with Crippen LogP contribution in [0.3, 0.4) is 0 Å². The summed E-state index contributed by atoms with van der Waals surface area (Å²) in [6.45, 7) is 0. The predicted molar refractivity (Wildman–Crippen MR) is 60.8 cm³/mol. The number of carbonyl (C=O) groups excluding carboxylic acids is 2. The lowest BCUT2D eigenvalue weighted by Crippen LogP contribution is -2.36. The van der Waals surface area contributed by atoms with Crippen LogP contribution in [0, 0.1) is 0 Å². The normalized spacial score (nSPS) is 10.8. The SMILES string of the molecule is O=C(NOC(=O)C(F)(F)F)Nc1c(Cl)cccc1Cl. The van der Waals surface area contributed by atoms with Gasteiger partial charge in [0.1, 0.15) is 0 Å². The molecule has 0 unspecified atom stereocenters.